The fourth-order valence-corrected chi connectivity index (χ4v) is 4.81. The van der Waals surface area contributed by atoms with E-state index in [1.807, 2.05) is 13.8 Å². The van der Waals surface area contributed by atoms with E-state index in [2.05, 4.69) is 12.2 Å². The highest BCUT2D eigenvalue weighted by Gasteiger charge is 2.39. The van der Waals surface area contributed by atoms with Gasteiger partial charge in [0.05, 0.1) is 0 Å². The van der Waals surface area contributed by atoms with Crippen molar-refractivity contribution in [2.24, 2.45) is 0 Å². The van der Waals surface area contributed by atoms with Crippen molar-refractivity contribution in [2.75, 3.05) is 25.6 Å². The van der Waals surface area contributed by atoms with Crippen LogP contribution >= 0.6 is 11.8 Å². The SMILES string of the molecule is C#CSCCC[Si](OCC)(OCC)OCCC. The zero-order valence-electron chi connectivity index (χ0n) is 11.2. The molecule has 0 aromatic carbocycles. The van der Waals surface area contributed by atoms with Gasteiger partial charge >= 0.3 is 8.80 Å². The largest absolute Gasteiger partial charge is 0.500 e. The molecule has 0 rings (SSSR count). The molecule has 0 radical (unpaired) electrons. The summed E-state index contributed by atoms with van der Waals surface area (Å²) in [5.74, 6) is 0.931. The van der Waals surface area contributed by atoms with Crippen molar-refractivity contribution >= 4 is 20.6 Å². The molecule has 0 aliphatic heterocycles. The van der Waals surface area contributed by atoms with Gasteiger partial charge in [0, 0.05) is 31.6 Å². The van der Waals surface area contributed by atoms with Crippen LogP contribution in [0.1, 0.15) is 33.6 Å². The van der Waals surface area contributed by atoms with Crippen LogP contribution in [0.2, 0.25) is 6.04 Å². The minimum absolute atomic E-state index is 0.637. The lowest BCUT2D eigenvalue weighted by Crippen LogP contribution is -2.46. The van der Waals surface area contributed by atoms with Crippen LogP contribution in [0.3, 0.4) is 0 Å². The molecule has 0 fully saturated rings. The van der Waals surface area contributed by atoms with Crippen LogP contribution in [0.15, 0.2) is 0 Å². The van der Waals surface area contributed by atoms with Crippen LogP contribution < -0.4 is 0 Å². The fraction of sp³-hybridized carbons (Fsp3) is 0.833. The summed E-state index contributed by atoms with van der Waals surface area (Å²) in [6, 6.07) is 0.851. The molecule has 0 unspecified atom stereocenters. The molecule has 100 valence electrons. The van der Waals surface area contributed by atoms with Crippen molar-refractivity contribution < 1.29 is 13.3 Å². The normalized spacial score (nSPS) is 11.4. The minimum Gasteiger partial charge on any atom is -0.374 e. The molecule has 0 aromatic rings. The molecule has 0 amide bonds. The Hall–Kier alpha value is 0.00688. The Balaban J connectivity index is 4.26. The van der Waals surface area contributed by atoms with E-state index in [1.165, 1.54) is 11.8 Å². The lowest BCUT2D eigenvalue weighted by Gasteiger charge is -2.28. The molecule has 0 saturated heterocycles. The van der Waals surface area contributed by atoms with Crippen molar-refractivity contribution in [3.8, 4) is 11.7 Å². The van der Waals surface area contributed by atoms with Crippen LogP contribution in [0, 0.1) is 11.7 Å². The smallest absolute Gasteiger partial charge is 0.374 e. The molecule has 0 aliphatic rings. The molecule has 3 nitrogen and oxygen atoms in total. The summed E-state index contributed by atoms with van der Waals surface area (Å²) < 4.78 is 17.4. The molecule has 0 aliphatic carbocycles. The van der Waals surface area contributed by atoms with Crippen LogP contribution in [0.5, 0.6) is 0 Å². The first-order valence-electron chi connectivity index (χ1n) is 6.23. The Bertz CT molecular complexity index is 212. The van der Waals surface area contributed by atoms with Crippen molar-refractivity contribution in [1.82, 2.24) is 0 Å². The lowest BCUT2D eigenvalue weighted by atomic mass is 10.5. The van der Waals surface area contributed by atoms with Gasteiger partial charge in [0.1, 0.15) is 0 Å². The van der Waals surface area contributed by atoms with Crippen LogP contribution in [0.4, 0.5) is 0 Å². The second-order valence-electron chi connectivity index (χ2n) is 3.47. The second-order valence-corrected chi connectivity index (χ2v) is 7.13. The van der Waals surface area contributed by atoms with Gasteiger partial charge in [0.25, 0.3) is 0 Å². The van der Waals surface area contributed by atoms with E-state index in [-0.39, 0.29) is 0 Å². The van der Waals surface area contributed by atoms with Crippen molar-refractivity contribution in [3.63, 3.8) is 0 Å². The van der Waals surface area contributed by atoms with Gasteiger partial charge in [-0.3, -0.25) is 0 Å². The summed E-state index contributed by atoms with van der Waals surface area (Å²) in [6.45, 7) is 8.02. The highest BCUT2D eigenvalue weighted by molar-refractivity contribution is 8.03. The predicted molar refractivity (Wildman–Crippen MR) is 76.0 cm³/mol. The maximum absolute atomic E-state index is 5.87. The molecule has 0 heterocycles. The van der Waals surface area contributed by atoms with Gasteiger partial charge in [-0.1, -0.05) is 18.7 Å². The van der Waals surface area contributed by atoms with Gasteiger partial charge < -0.3 is 13.3 Å². The molecule has 0 spiro atoms. The molecular weight excluding hydrogens is 252 g/mol. The molecular formula is C12H24O3SSi. The van der Waals surface area contributed by atoms with Gasteiger partial charge in [-0.25, -0.2) is 0 Å². The Labute approximate surface area is 111 Å². The summed E-state index contributed by atoms with van der Waals surface area (Å²) >= 11 is 1.49. The van der Waals surface area contributed by atoms with E-state index in [0.29, 0.717) is 19.8 Å². The molecule has 0 bridgehead atoms. The average molecular weight is 276 g/mol. The topological polar surface area (TPSA) is 27.7 Å². The van der Waals surface area contributed by atoms with E-state index in [9.17, 15) is 0 Å². The number of thioether (sulfide) groups is 1. The number of hydrogen-bond donors (Lipinski definition) is 0. The van der Waals surface area contributed by atoms with Crippen molar-refractivity contribution in [1.29, 1.82) is 0 Å². The molecule has 17 heavy (non-hydrogen) atoms. The summed E-state index contributed by atoms with van der Waals surface area (Å²) in [5.41, 5.74) is 0. The maximum atomic E-state index is 5.87. The molecule has 5 heteroatoms. The van der Waals surface area contributed by atoms with Crippen molar-refractivity contribution in [3.05, 3.63) is 0 Å². The van der Waals surface area contributed by atoms with Gasteiger partial charge in [0.15, 0.2) is 0 Å². The Morgan fingerprint density at radius 1 is 1.12 bits per heavy atom. The summed E-state index contributed by atoms with van der Waals surface area (Å²) in [6.07, 6.45) is 7.16. The van der Waals surface area contributed by atoms with Gasteiger partial charge in [-0.05, 0) is 31.9 Å². The van der Waals surface area contributed by atoms with Crippen molar-refractivity contribution in [2.45, 2.75) is 39.7 Å². The Morgan fingerprint density at radius 3 is 2.24 bits per heavy atom. The second kappa shape index (κ2) is 11.1. The molecule has 0 aromatic heterocycles. The van der Waals surface area contributed by atoms with E-state index >= 15 is 0 Å². The van der Waals surface area contributed by atoms with Crippen LogP contribution in [-0.4, -0.2) is 34.4 Å². The summed E-state index contributed by atoms with van der Waals surface area (Å²) in [4.78, 5) is 0. The zero-order valence-corrected chi connectivity index (χ0v) is 13.0. The van der Waals surface area contributed by atoms with Gasteiger partial charge in [-0.2, -0.15) is 0 Å². The van der Waals surface area contributed by atoms with Gasteiger partial charge in [-0.15, -0.1) is 6.42 Å². The summed E-state index contributed by atoms with van der Waals surface area (Å²) in [7, 11) is -2.45. The monoisotopic (exact) mass is 276 g/mol. The minimum atomic E-state index is -2.45. The Kier molecular flexibility index (Phi) is 11.1. The van der Waals surface area contributed by atoms with Crippen LogP contribution in [0.25, 0.3) is 0 Å². The molecule has 0 N–H and O–H groups in total. The Morgan fingerprint density at radius 2 is 1.76 bits per heavy atom. The average Bonchev–Trinajstić information content (AvgIpc) is 2.33. The zero-order chi connectivity index (χ0) is 13.0. The molecule has 0 atom stereocenters. The van der Waals surface area contributed by atoms with Crippen LogP contribution in [-0.2, 0) is 13.3 Å². The van der Waals surface area contributed by atoms with Gasteiger partial charge in [0.2, 0.25) is 0 Å². The quantitative estimate of drug-likeness (QED) is 0.329. The van der Waals surface area contributed by atoms with E-state index in [0.717, 1.165) is 24.6 Å². The highest BCUT2D eigenvalue weighted by Crippen LogP contribution is 2.19. The lowest BCUT2D eigenvalue weighted by molar-refractivity contribution is 0.0670. The first-order chi connectivity index (χ1) is 8.24. The number of terminal acetylenes is 1. The number of hydrogen-bond acceptors (Lipinski definition) is 4. The highest BCUT2D eigenvalue weighted by atomic mass is 32.2. The number of rotatable bonds is 11. The van der Waals surface area contributed by atoms with E-state index in [4.69, 9.17) is 19.7 Å². The maximum Gasteiger partial charge on any atom is 0.500 e. The summed E-state index contributed by atoms with van der Waals surface area (Å²) in [5, 5.41) is 2.57. The van der Waals surface area contributed by atoms with E-state index in [1.54, 1.807) is 0 Å². The molecule has 0 saturated carbocycles. The standard InChI is InChI=1S/C12H24O3SSi/c1-5-10-15-17(13-6-2,14-7-3)12-9-11-16-8-4/h4H,5-7,9-12H2,1-3H3. The third-order valence-electron chi connectivity index (χ3n) is 2.07. The van der Waals surface area contributed by atoms with E-state index < -0.39 is 8.80 Å². The first-order valence-corrected chi connectivity index (χ1v) is 9.15. The first kappa shape index (κ1) is 17.0. The predicted octanol–water partition coefficient (Wildman–Crippen LogP) is 3.14. The third kappa shape index (κ3) is 7.85. The third-order valence-corrected chi connectivity index (χ3v) is 5.79. The fourth-order valence-electron chi connectivity index (χ4n) is 1.46.